The molecule has 0 radical (unpaired) electrons. The van der Waals surface area contributed by atoms with E-state index in [-0.39, 0.29) is 34.7 Å². The minimum atomic E-state index is -4.59. The summed E-state index contributed by atoms with van der Waals surface area (Å²) in [6.07, 6.45) is -2.41. The van der Waals surface area contributed by atoms with Gasteiger partial charge in [0.2, 0.25) is 0 Å². The van der Waals surface area contributed by atoms with Crippen LogP contribution >= 0.6 is 11.6 Å². The van der Waals surface area contributed by atoms with E-state index in [9.17, 15) is 27.1 Å². The molecular weight excluding hydrogens is 537 g/mol. The molecule has 0 aliphatic carbocycles. The van der Waals surface area contributed by atoms with Crippen LogP contribution in [0.2, 0.25) is 5.02 Å². The van der Waals surface area contributed by atoms with E-state index >= 15 is 0 Å². The van der Waals surface area contributed by atoms with E-state index in [1.54, 1.807) is 31.2 Å². The monoisotopic (exact) mass is 569 g/mol. The summed E-state index contributed by atoms with van der Waals surface area (Å²) >= 11 is 5.73. The van der Waals surface area contributed by atoms with Gasteiger partial charge in [-0.3, -0.25) is 0 Å². The van der Waals surface area contributed by atoms with Crippen LogP contribution in [0.5, 0.6) is 0 Å². The fraction of sp³-hybridized carbons (Fsp3) is 0.400. The fourth-order valence-electron chi connectivity index (χ4n) is 4.90. The van der Waals surface area contributed by atoms with Crippen molar-refractivity contribution >= 4 is 11.6 Å². The summed E-state index contributed by atoms with van der Waals surface area (Å²) < 4.78 is 66.7. The zero-order valence-corrected chi connectivity index (χ0v) is 22.5. The van der Waals surface area contributed by atoms with Gasteiger partial charge in [-0.25, -0.2) is 8.78 Å². The van der Waals surface area contributed by atoms with E-state index in [1.807, 2.05) is 0 Å². The van der Waals surface area contributed by atoms with Crippen molar-refractivity contribution in [1.29, 1.82) is 0 Å². The third-order valence-electron chi connectivity index (χ3n) is 7.00. The topological polar surface area (TPSA) is 43.7 Å². The van der Waals surface area contributed by atoms with Crippen LogP contribution in [0.15, 0.2) is 66.7 Å². The summed E-state index contributed by atoms with van der Waals surface area (Å²) in [4.78, 5) is 2.18. The summed E-state index contributed by atoms with van der Waals surface area (Å²) in [6, 6.07) is 16.2. The SMILES string of the molecule is CCO.OC1(c2ccc(Cl)c(C(F)(F)F)c2)CCN(CCCC(c2ccc(F)cc2)c2ccc(F)cc2)CC1. The van der Waals surface area contributed by atoms with Gasteiger partial charge < -0.3 is 15.1 Å². The molecule has 39 heavy (non-hydrogen) atoms. The highest BCUT2D eigenvalue weighted by Gasteiger charge is 2.38. The van der Waals surface area contributed by atoms with Gasteiger partial charge >= 0.3 is 6.18 Å². The second-order valence-corrected chi connectivity index (χ2v) is 10.1. The second-order valence-electron chi connectivity index (χ2n) is 9.68. The Bertz CT molecular complexity index is 1130. The van der Waals surface area contributed by atoms with Crippen LogP contribution in [0.25, 0.3) is 0 Å². The molecular formula is C30H33ClF5NO2. The summed E-state index contributed by atoms with van der Waals surface area (Å²) in [7, 11) is 0. The first-order valence-corrected chi connectivity index (χ1v) is 13.3. The average Bonchev–Trinajstić information content (AvgIpc) is 2.89. The van der Waals surface area contributed by atoms with E-state index in [0.29, 0.717) is 25.9 Å². The predicted octanol–water partition coefficient (Wildman–Crippen LogP) is 7.53. The van der Waals surface area contributed by atoms with E-state index in [1.165, 1.54) is 36.4 Å². The molecule has 0 saturated carbocycles. The van der Waals surface area contributed by atoms with Gasteiger partial charge in [-0.1, -0.05) is 41.9 Å². The zero-order valence-electron chi connectivity index (χ0n) is 21.7. The molecule has 3 aromatic rings. The van der Waals surface area contributed by atoms with Gasteiger partial charge in [0.1, 0.15) is 11.6 Å². The Hall–Kier alpha value is -2.52. The molecule has 1 fully saturated rings. The number of likely N-dealkylation sites (tertiary alicyclic amines) is 1. The van der Waals surface area contributed by atoms with Gasteiger partial charge in [0, 0.05) is 25.6 Å². The Morgan fingerprint density at radius 1 is 0.897 bits per heavy atom. The average molecular weight is 570 g/mol. The highest BCUT2D eigenvalue weighted by molar-refractivity contribution is 6.31. The van der Waals surface area contributed by atoms with Crippen molar-refractivity contribution < 1.29 is 32.2 Å². The Balaban J connectivity index is 0.00000134. The van der Waals surface area contributed by atoms with Crippen molar-refractivity contribution in [2.45, 2.75) is 50.3 Å². The fourth-order valence-corrected chi connectivity index (χ4v) is 5.13. The van der Waals surface area contributed by atoms with Crippen molar-refractivity contribution in [3.8, 4) is 0 Å². The van der Waals surface area contributed by atoms with Crippen molar-refractivity contribution in [2.24, 2.45) is 0 Å². The number of halogens is 6. The smallest absolute Gasteiger partial charge is 0.397 e. The van der Waals surface area contributed by atoms with Crippen LogP contribution in [0.1, 0.15) is 60.8 Å². The number of hydrogen-bond acceptors (Lipinski definition) is 3. The van der Waals surface area contributed by atoms with E-state index in [2.05, 4.69) is 4.90 Å². The molecule has 0 spiro atoms. The van der Waals surface area contributed by atoms with Crippen molar-refractivity contribution in [3.63, 3.8) is 0 Å². The van der Waals surface area contributed by atoms with Gasteiger partial charge in [0.15, 0.2) is 0 Å². The highest BCUT2D eigenvalue weighted by Crippen LogP contribution is 2.40. The molecule has 1 heterocycles. The van der Waals surface area contributed by atoms with Gasteiger partial charge in [-0.2, -0.15) is 13.2 Å². The first-order chi connectivity index (χ1) is 18.5. The molecule has 9 heteroatoms. The molecule has 0 amide bonds. The number of rotatable bonds is 7. The molecule has 212 valence electrons. The maximum atomic E-state index is 13.4. The quantitative estimate of drug-likeness (QED) is 0.289. The van der Waals surface area contributed by atoms with Crippen molar-refractivity contribution in [3.05, 3.63) is 106 Å². The number of alkyl halides is 3. The number of nitrogens with zero attached hydrogens (tertiary/aromatic N) is 1. The normalized spacial score (nSPS) is 15.6. The van der Waals surface area contributed by atoms with Crippen LogP contribution in [-0.4, -0.2) is 41.4 Å². The number of hydrogen-bond donors (Lipinski definition) is 2. The van der Waals surface area contributed by atoms with Gasteiger partial charge in [0.05, 0.1) is 16.2 Å². The minimum absolute atomic E-state index is 0.0252. The lowest BCUT2D eigenvalue weighted by atomic mass is 9.83. The maximum absolute atomic E-state index is 13.4. The summed E-state index contributed by atoms with van der Waals surface area (Å²) in [6.45, 7) is 3.75. The van der Waals surface area contributed by atoms with Crippen LogP contribution in [-0.2, 0) is 11.8 Å². The van der Waals surface area contributed by atoms with Gasteiger partial charge in [-0.15, -0.1) is 0 Å². The van der Waals surface area contributed by atoms with Gasteiger partial charge in [0.25, 0.3) is 0 Å². The zero-order chi connectivity index (χ0) is 28.6. The highest BCUT2D eigenvalue weighted by atomic mass is 35.5. The van der Waals surface area contributed by atoms with Crippen molar-refractivity contribution in [2.75, 3.05) is 26.2 Å². The van der Waals surface area contributed by atoms with Gasteiger partial charge in [-0.05, 0) is 92.2 Å². The summed E-state index contributed by atoms with van der Waals surface area (Å²) in [5.41, 5.74) is -0.165. The van der Waals surface area contributed by atoms with E-state index < -0.39 is 17.3 Å². The lowest BCUT2D eigenvalue weighted by Gasteiger charge is -2.39. The first-order valence-electron chi connectivity index (χ1n) is 12.9. The molecule has 1 saturated heterocycles. The van der Waals surface area contributed by atoms with Crippen LogP contribution in [0.4, 0.5) is 22.0 Å². The molecule has 0 atom stereocenters. The number of aliphatic hydroxyl groups is 2. The molecule has 0 unspecified atom stereocenters. The Kier molecular flexibility index (Phi) is 10.9. The second kappa shape index (κ2) is 13.7. The Morgan fingerprint density at radius 3 is 1.85 bits per heavy atom. The lowest BCUT2D eigenvalue weighted by molar-refractivity contribution is -0.137. The third-order valence-corrected chi connectivity index (χ3v) is 7.33. The minimum Gasteiger partial charge on any atom is -0.397 e. The molecule has 2 N–H and O–H groups in total. The van der Waals surface area contributed by atoms with Crippen molar-refractivity contribution in [1.82, 2.24) is 4.90 Å². The number of piperidine rings is 1. The molecule has 1 aliphatic rings. The lowest BCUT2D eigenvalue weighted by Crippen LogP contribution is -2.43. The first kappa shape index (κ1) is 31.0. The number of benzene rings is 3. The standard InChI is InChI=1S/C28H27ClF5NO.C2H6O/c29-26-12-7-21(18-25(26)28(32,33)34)27(36)13-16-35(17-14-27)15-1-2-24(19-3-8-22(30)9-4-19)20-5-10-23(31)11-6-20;1-2-3/h3-12,18,24,36H,1-2,13-17H2;3H,2H2,1H3. The van der Waals surface area contributed by atoms with Crippen LogP contribution in [0.3, 0.4) is 0 Å². The largest absolute Gasteiger partial charge is 0.417 e. The third kappa shape index (κ3) is 8.48. The molecule has 0 bridgehead atoms. The summed E-state index contributed by atoms with van der Waals surface area (Å²) in [5, 5.41) is 18.3. The van der Waals surface area contributed by atoms with E-state index in [0.717, 1.165) is 36.6 Å². The molecule has 4 rings (SSSR count). The molecule has 1 aliphatic heterocycles. The molecule has 0 aromatic heterocycles. The Morgan fingerprint density at radius 2 is 1.38 bits per heavy atom. The maximum Gasteiger partial charge on any atom is 0.417 e. The molecule has 3 nitrogen and oxygen atoms in total. The number of aliphatic hydroxyl groups excluding tert-OH is 1. The summed E-state index contributed by atoms with van der Waals surface area (Å²) in [5.74, 6) is -0.663. The Labute approximate surface area is 230 Å². The molecule has 3 aromatic carbocycles. The van der Waals surface area contributed by atoms with Crippen LogP contribution < -0.4 is 0 Å². The predicted molar refractivity (Wildman–Crippen MR) is 143 cm³/mol. The van der Waals surface area contributed by atoms with Crippen LogP contribution in [0, 0.1) is 11.6 Å². The van der Waals surface area contributed by atoms with E-state index in [4.69, 9.17) is 16.7 Å².